The van der Waals surface area contributed by atoms with Gasteiger partial charge in [0.05, 0.1) is 0 Å². The zero-order valence-corrected chi connectivity index (χ0v) is 33.3. The van der Waals surface area contributed by atoms with Gasteiger partial charge in [-0.15, -0.1) is 11.8 Å². The van der Waals surface area contributed by atoms with Crippen molar-refractivity contribution >= 4 is 29.5 Å². The smallest absolute Gasteiger partial charge is 0.351 e. The first kappa shape index (κ1) is 44.1. The Morgan fingerprint density at radius 2 is 1.22 bits per heavy atom. The largest absolute Gasteiger partial charge is 0.462 e. The number of rotatable bonds is 30. The monoisotopic (exact) mass is 777 g/mol. The first-order valence-corrected chi connectivity index (χ1v) is 21.3. The molecule has 1 fully saturated rings. The van der Waals surface area contributed by atoms with Gasteiger partial charge in [0, 0.05) is 37.9 Å². The highest BCUT2D eigenvalue weighted by atomic mass is 32.2. The van der Waals surface area contributed by atoms with Gasteiger partial charge in [0.2, 0.25) is 5.91 Å². The predicted molar refractivity (Wildman–Crippen MR) is 222 cm³/mol. The van der Waals surface area contributed by atoms with E-state index in [1.54, 1.807) is 12.3 Å². The highest BCUT2D eigenvalue weighted by Gasteiger charge is 2.29. The van der Waals surface area contributed by atoms with Crippen LogP contribution in [0.1, 0.15) is 94.4 Å². The number of carbonyl (C=O) groups is 2. The molecule has 2 unspecified atom stereocenters. The number of hydrogen-bond donors (Lipinski definition) is 5. The van der Waals surface area contributed by atoms with Crippen LogP contribution in [-0.2, 0) is 32.2 Å². The molecular weight excluding hydrogens is 715 g/mol. The summed E-state index contributed by atoms with van der Waals surface area (Å²) in [5, 5.41) is 16.6. The second-order valence-electron chi connectivity index (χ2n) is 13.9. The van der Waals surface area contributed by atoms with Gasteiger partial charge in [-0.25, -0.2) is 4.79 Å². The number of unbranched alkanes of at least 4 members (excludes halogenated alkanes) is 6. The topological polar surface area (TPSA) is 148 Å². The van der Waals surface area contributed by atoms with E-state index in [1.807, 2.05) is 12.1 Å². The predicted octanol–water partition coefficient (Wildman–Crippen LogP) is 5.75. The Hall–Kier alpha value is -3.59. The van der Waals surface area contributed by atoms with Crippen molar-refractivity contribution in [2.45, 2.75) is 102 Å². The molecule has 2 atom stereocenters. The Morgan fingerprint density at radius 1 is 0.691 bits per heavy atom. The molecule has 4 rings (SSSR count). The molecule has 0 aliphatic carbocycles. The lowest BCUT2D eigenvalue weighted by atomic mass is 10.2. The Labute approximate surface area is 331 Å². The summed E-state index contributed by atoms with van der Waals surface area (Å²) < 4.78 is 12.8. The quantitative estimate of drug-likeness (QED) is 0.0417. The van der Waals surface area contributed by atoms with Crippen molar-refractivity contribution in [3.63, 3.8) is 0 Å². The van der Waals surface area contributed by atoms with Crippen LogP contribution in [0.2, 0.25) is 0 Å². The van der Waals surface area contributed by atoms with Gasteiger partial charge < -0.3 is 36.1 Å². The minimum Gasteiger partial charge on any atom is -0.462 e. The molecule has 1 aromatic heterocycles. The number of thioether (sulfide) groups is 1. The Morgan fingerprint density at radius 3 is 1.78 bits per heavy atom. The fraction of sp³-hybridized carbons (Fsp3) is 0.571. The molecule has 3 aromatic rings. The van der Waals surface area contributed by atoms with Crippen molar-refractivity contribution in [3.8, 4) is 0 Å². The molecule has 1 aliphatic heterocycles. The molecule has 1 aliphatic rings. The van der Waals surface area contributed by atoms with Crippen LogP contribution in [0.4, 0.5) is 5.82 Å². The van der Waals surface area contributed by atoms with Crippen LogP contribution in [0.15, 0.2) is 77.7 Å². The zero-order chi connectivity index (χ0) is 38.6. The molecule has 2 heterocycles. The van der Waals surface area contributed by atoms with Gasteiger partial charge in [0.15, 0.2) is 0 Å². The molecule has 13 heteroatoms. The number of aromatic nitrogens is 2. The van der Waals surface area contributed by atoms with E-state index >= 15 is 0 Å². The lowest BCUT2D eigenvalue weighted by molar-refractivity contribution is -0.147. The van der Waals surface area contributed by atoms with E-state index in [2.05, 4.69) is 80.1 Å². The molecule has 0 saturated carbocycles. The van der Waals surface area contributed by atoms with Crippen LogP contribution in [0.3, 0.4) is 0 Å². The molecule has 0 radical (unpaired) electrons. The SMILES string of the molecule is O=C(CCCCNCCCCCNCc1ccccc1)Nc1ccn(C2CSC(COC(=O)CCCCNCCCCCNCc3ccccc3)O2)c(=O)n1. The maximum absolute atomic E-state index is 12.7. The number of ether oxygens (including phenoxy) is 2. The summed E-state index contributed by atoms with van der Waals surface area (Å²) in [7, 11) is 0. The maximum Gasteiger partial charge on any atom is 0.351 e. The molecule has 0 bridgehead atoms. The zero-order valence-electron chi connectivity index (χ0n) is 32.5. The van der Waals surface area contributed by atoms with Crippen LogP contribution >= 0.6 is 11.8 Å². The van der Waals surface area contributed by atoms with Gasteiger partial charge in [0.25, 0.3) is 0 Å². The van der Waals surface area contributed by atoms with Crippen molar-refractivity contribution in [2.75, 3.05) is 56.9 Å². The number of nitrogens with zero attached hydrogens (tertiary/aromatic N) is 2. The molecule has 1 saturated heterocycles. The van der Waals surface area contributed by atoms with E-state index in [9.17, 15) is 14.4 Å². The molecule has 12 nitrogen and oxygen atoms in total. The fourth-order valence-corrected chi connectivity index (χ4v) is 7.12. The van der Waals surface area contributed by atoms with Crippen molar-refractivity contribution < 1.29 is 19.1 Å². The van der Waals surface area contributed by atoms with Crippen molar-refractivity contribution in [1.82, 2.24) is 30.8 Å². The minimum absolute atomic E-state index is 0.136. The molecule has 2 aromatic carbocycles. The van der Waals surface area contributed by atoms with Gasteiger partial charge in [-0.1, -0.05) is 73.5 Å². The van der Waals surface area contributed by atoms with Crippen LogP contribution in [0, 0.1) is 0 Å². The number of carbonyl (C=O) groups excluding carboxylic acids is 2. The van der Waals surface area contributed by atoms with Crippen LogP contribution < -0.4 is 32.3 Å². The van der Waals surface area contributed by atoms with Gasteiger partial charge in [-0.3, -0.25) is 14.2 Å². The van der Waals surface area contributed by atoms with E-state index in [0.717, 1.165) is 97.3 Å². The number of amides is 1. The summed E-state index contributed by atoms with van der Waals surface area (Å²) in [5.74, 6) is 0.370. The summed E-state index contributed by atoms with van der Waals surface area (Å²) in [6.07, 6.45) is 12.1. The third-order valence-corrected chi connectivity index (χ3v) is 10.4. The van der Waals surface area contributed by atoms with Crippen molar-refractivity contribution in [2.24, 2.45) is 0 Å². The number of anilines is 1. The molecule has 5 N–H and O–H groups in total. The van der Waals surface area contributed by atoms with Crippen molar-refractivity contribution in [3.05, 3.63) is 94.5 Å². The normalized spacial score (nSPS) is 15.3. The Bertz CT molecular complexity index is 1530. The van der Waals surface area contributed by atoms with E-state index in [4.69, 9.17) is 9.47 Å². The van der Waals surface area contributed by atoms with E-state index in [1.165, 1.54) is 46.7 Å². The molecule has 302 valence electrons. The van der Waals surface area contributed by atoms with Crippen LogP contribution in [0.5, 0.6) is 0 Å². The summed E-state index contributed by atoms with van der Waals surface area (Å²) in [4.78, 5) is 41.5. The first-order valence-electron chi connectivity index (χ1n) is 20.3. The Kier molecular flexibility index (Phi) is 22.4. The van der Waals surface area contributed by atoms with Crippen LogP contribution in [0.25, 0.3) is 0 Å². The van der Waals surface area contributed by atoms with Gasteiger partial charge in [-0.05, 0) is 108 Å². The summed E-state index contributed by atoms with van der Waals surface area (Å²) in [5.41, 5.74) is 1.78. The fourth-order valence-electron chi connectivity index (χ4n) is 6.13. The summed E-state index contributed by atoms with van der Waals surface area (Å²) >= 11 is 1.50. The second-order valence-corrected chi connectivity index (χ2v) is 15.1. The van der Waals surface area contributed by atoms with E-state index in [-0.39, 0.29) is 29.7 Å². The van der Waals surface area contributed by atoms with Crippen LogP contribution in [-0.4, -0.2) is 78.5 Å². The molecule has 1 amide bonds. The van der Waals surface area contributed by atoms with Crippen molar-refractivity contribution in [1.29, 1.82) is 0 Å². The second kappa shape index (κ2) is 27.9. The van der Waals surface area contributed by atoms with Gasteiger partial charge in [-0.2, -0.15) is 4.98 Å². The molecule has 0 spiro atoms. The third kappa shape index (κ3) is 19.7. The molecule has 55 heavy (non-hydrogen) atoms. The number of esters is 1. The maximum atomic E-state index is 12.7. The van der Waals surface area contributed by atoms with Gasteiger partial charge in [0.1, 0.15) is 24.1 Å². The van der Waals surface area contributed by atoms with Gasteiger partial charge >= 0.3 is 11.7 Å². The summed E-state index contributed by atoms with van der Waals surface area (Å²) in [6, 6.07) is 22.5. The number of nitrogens with one attached hydrogen (secondary N) is 5. The Balaban J connectivity index is 0.934. The minimum atomic E-state index is -0.515. The average Bonchev–Trinajstić information content (AvgIpc) is 3.67. The number of hydrogen-bond acceptors (Lipinski definition) is 11. The summed E-state index contributed by atoms with van der Waals surface area (Å²) in [6.45, 7) is 7.76. The molecular formula is C42H63N7O5S. The highest BCUT2D eigenvalue weighted by Crippen LogP contribution is 2.31. The highest BCUT2D eigenvalue weighted by molar-refractivity contribution is 8.00. The van der Waals surface area contributed by atoms with E-state index < -0.39 is 11.9 Å². The lowest BCUT2D eigenvalue weighted by Crippen LogP contribution is -2.29. The standard InChI is InChI=1S/C42H63N7O5S/c50-38(21-9-15-26-43-24-11-3-13-28-45-31-35-17-5-1-6-18-35)47-37-23-30-49(42(52)48-37)39-34-55-41(54-39)33-53-40(51)22-10-16-27-44-25-12-4-14-29-46-32-36-19-7-2-8-20-36/h1-2,5-8,17-20,23,30,39,41,43-46H,3-4,9-16,21-22,24-29,31-34H2,(H,47,48,50,52). The third-order valence-electron chi connectivity index (χ3n) is 9.27. The number of benzene rings is 2. The lowest BCUT2D eigenvalue weighted by Gasteiger charge is -2.15. The van der Waals surface area contributed by atoms with E-state index in [0.29, 0.717) is 18.6 Å². The first-order chi connectivity index (χ1) is 27.1. The average molecular weight is 778 g/mol.